The first-order valence-electron chi connectivity index (χ1n) is 4.95. The van der Waals surface area contributed by atoms with Crippen LogP contribution in [0.2, 0.25) is 0 Å². The maximum Gasteiger partial charge on any atom is 0.250 e. The number of Topliss-reactive ketones (excluding diaryl/α,β-unsaturated/α-hetero) is 1. The molecule has 0 radical (unpaired) electrons. The van der Waals surface area contributed by atoms with E-state index in [0.29, 0.717) is 11.5 Å². The van der Waals surface area contributed by atoms with Gasteiger partial charge in [0.2, 0.25) is 0 Å². The third-order valence-corrected chi connectivity index (χ3v) is 2.36. The molecule has 2 heterocycles. The molecule has 0 bridgehead atoms. The van der Waals surface area contributed by atoms with Crippen molar-refractivity contribution in [2.45, 2.75) is 20.8 Å². The minimum absolute atomic E-state index is 0.00333. The van der Waals surface area contributed by atoms with Crippen LogP contribution in [0.5, 0.6) is 0 Å². The van der Waals surface area contributed by atoms with Crippen LogP contribution in [0.4, 0.5) is 0 Å². The highest BCUT2D eigenvalue weighted by atomic mass is 16.1. The lowest BCUT2D eigenvalue weighted by atomic mass is 10.2. The average Bonchev–Trinajstić information content (AvgIpc) is 2.60. The summed E-state index contributed by atoms with van der Waals surface area (Å²) < 4.78 is 1.57. The summed E-state index contributed by atoms with van der Waals surface area (Å²) in [5.74, 6) is 0.487. The van der Waals surface area contributed by atoms with Gasteiger partial charge in [-0.25, -0.2) is 14.6 Å². The van der Waals surface area contributed by atoms with Crippen molar-refractivity contribution in [2.75, 3.05) is 0 Å². The van der Waals surface area contributed by atoms with Crippen molar-refractivity contribution in [2.24, 2.45) is 0 Å². The summed E-state index contributed by atoms with van der Waals surface area (Å²) in [6.45, 7) is 5.23. The molecule has 0 saturated carbocycles. The van der Waals surface area contributed by atoms with Crippen molar-refractivity contribution in [3.63, 3.8) is 0 Å². The van der Waals surface area contributed by atoms with E-state index in [-0.39, 0.29) is 5.78 Å². The molecule has 0 fully saturated rings. The fourth-order valence-electron chi connectivity index (χ4n) is 1.49. The van der Waals surface area contributed by atoms with Gasteiger partial charge in [-0.1, -0.05) is 0 Å². The maximum absolute atomic E-state index is 11.3. The molecule has 0 aliphatic rings. The van der Waals surface area contributed by atoms with Gasteiger partial charge in [0.05, 0.1) is 17.5 Å². The second-order valence-electron chi connectivity index (χ2n) is 3.61. The van der Waals surface area contributed by atoms with E-state index in [1.54, 1.807) is 17.1 Å². The predicted octanol–water partition coefficient (Wildman–Crippen LogP) is 1.48. The Hall–Kier alpha value is -2.04. The van der Waals surface area contributed by atoms with Crippen molar-refractivity contribution in [3.8, 4) is 5.95 Å². The van der Waals surface area contributed by atoms with E-state index >= 15 is 0 Å². The minimum atomic E-state index is -0.00333. The van der Waals surface area contributed by atoms with Crippen LogP contribution in [0, 0.1) is 13.8 Å². The van der Waals surface area contributed by atoms with Crippen molar-refractivity contribution in [1.82, 2.24) is 19.7 Å². The summed E-state index contributed by atoms with van der Waals surface area (Å²) in [6, 6.07) is 1.81. The molecule has 0 aliphatic carbocycles. The zero-order valence-electron chi connectivity index (χ0n) is 9.43. The summed E-state index contributed by atoms with van der Waals surface area (Å²) in [5.41, 5.74) is 2.23. The van der Waals surface area contributed by atoms with Gasteiger partial charge in [-0.15, -0.1) is 0 Å². The van der Waals surface area contributed by atoms with Gasteiger partial charge >= 0.3 is 0 Å². The summed E-state index contributed by atoms with van der Waals surface area (Å²) in [5, 5.41) is 4.12. The molecule has 0 unspecified atom stereocenters. The average molecular weight is 216 g/mol. The summed E-state index contributed by atoms with van der Waals surface area (Å²) >= 11 is 0. The summed E-state index contributed by atoms with van der Waals surface area (Å²) in [4.78, 5) is 19.7. The second-order valence-corrected chi connectivity index (χ2v) is 3.61. The fraction of sp³-hybridized carbons (Fsp3) is 0.273. The van der Waals surface area contributed by atoms with Crippen molar-refractivity contribution in [3.05, 3.63) is 35.4 Å². The van der Waals surface area contributed by atoms with Crippen LogP contribution >= 0.6 is 0 Å². The minimum Gasteiger partial charge on any atom is -0.294 e. The zero-order valence-corrected chi connectivity index (χ0v) is 9.43. The fourth-order valence-corrected chi connectivity index (χ4v) is 1.49. The second kappa shape index (κ2) is 3.84. The molecule has 2 rings (SSSR count). The third-order valence-electron chi connectivity index (χ3n) is 2.36. The lowest BCUT2D eigenvalue weighted by Crippen LogP contribution is -2.06. The van der Waals surface area contributed by atoms with Crippen LogP contribution < -0.4 is 0 Å². The Balaban J connectivity index is 2.53. The number of ketones is 1. The Morgan fingerprint density at radius 2 is 2.12 bits per heavy atom. The van der Waals surface area contributed by atoms with Gasteiger partial charge in [0, 0.05) is 11.9 Å². The van der Waals surface area contributed by atoms with Gasteiger partial charge in [-0.05, 0) is 26.8 Å². The molecule has 0 N–H and O–H groups in total. The van der Waals surface area contributed by atoms with Gasteiger partial charge < -0.3 is 0 Å². The molecule has 2 aromatic rings. The lowest BCUT2D eigenvalue weighted by Gasteiger charge is -2.02. The molecule has 5 nitrogen and oxygen atoms in total. The molecular weight excluding hydrogens is 204 g/mol. The lowest BCUT2D eigenvalue weighted by molar-refractivity contribution is 0.101. The predicted molar refractivity (Wildman–Crippen MR) is 58.6 cm³/mol. The quantitative estimate of drug-likeness (QED) is 0.713. The van der Waals surface area contributed by atoms with Gasteiger partial charge in [0.15, 0.2) is 5.78 Å². The number of carbonyl (C=O) groups is 1. The SMILES string of the molecule is CC(=O)c1cnn(-c2nccc(C)n2)c1C. The van der Waals surface area contributed by atoms with Crippen LogP contribution in [-0.2, 0) is 0 Å². The van der Waals surface area contributed by atoms with Crippen molar-refractivity contribution < 1.29 is 4.79 Å². The highest BCUT2D eigenvalue weighted by Gasteiger charge is 2.12. The van der Waals surface area contributed by atoms with E-state index in [1.165, 1.54) is 6.92 Å². The summed E-state index contributed by atoms with van der Waals surface area (Å²) in [6.07, 6.45) is 3.22. The van der Waals surface area contributed by atoms with Crippen LogP contribution in [0.3, 0.4) is 0 Å². The van der Waals surface area contributed by atoms with E-state index in [4.69, 9.17) is 0 Å². The highest BCUT2D eigenvalue weighted by molar-refractivity contribution is 5.94. The zero-order chi connectivity index (χ0) is 11.7. The van der Waals surface area contributed by atoms with Gasteiger partial charge in [0.1, 0.15) is 0 Å². The number of nitrogens with zero attached hydrogens (tertiary/aromatic N) is 4. The van der Waals surface area contributed by atoms with E-state index in [1.807, 2.05) is 19.9 Å². The van der Waals surface area contributed by atoms with Crippen LogP contribution in [0.1, 0.15) is 28.7 Å². The third kappa shape index (κ3) is 1.71. The Morgan fingerprint density at radius 1 is 1.38 bits per heavy atom. The van der Waals surface area contributed by atoms with Crippen LogP contribution in [0.25, 0.3) is 5.95 Å². The van der Waals surface area contributed by atoms with E-state index < -0.39 is 0 Å². The molecule has 0 aromatic carbocycles. The van der Waals surface area contributed by atoms with Gasteiger partial charge in [-0.3, -0.25) is 4.79 Å². The molecule has 0 amide bonds. The number of rotatable bonds is 2. The molecule has 16 heavy (non-hydrogen) atoms. The van der Waals surface area contributed by atoms with E-state index in [0.717, 1.165) is 11.4 Å². The number of aromatic nitrogens is 4. The molecular formula is C11H12N4O. The standard InChI is InChI=1S/C11H12N4O/c1-7-4-5-12-11(14-7)15-8(2)10(6-13-15)9(3)16/h4-6H,1-3H3. The number of carbonyl (C=O) groups excluding carboxylic acids is 1. The molecule has 82 valence electrons. The number of hydrogen-bond acceptors (Lipinski definition) is 4. The van der Waals surface area contributed by atoms with E-state index in [9.17, 15) is 4.79 Å². The smallest absolute Gasteiger partial charge is 0.250 e. The number of hydrogen-bond donors (Lipinski definition) is 0. The molecule has 0 saturated heterocycles. The molecule has 0 spiro atoms. The molecule has 0 aliphatic heterocycles. The Labute approximate surface area is 93.2 Å². The molecule has 0 atom stereocenters. The van der Waals surface area contributed by atoms with E-state index in [2.05, 4.69) is 15.1 Å². The monoisotopic (exact) mass is 216 g/mol. The Morgan fingerprint density at radius 3 is 2.69 bits per heavy atom. The Kier molecular flexibility index (Phi) is 2.52. The first kappa shape index (κ1) is 10.5. The Bertz CT molecular complexity index is 545. The molecule has 2 aromatic heterocycles. The normalized spacial score (nSPS) is 10.4. The van der Waals surface area contributed by atoms with Gasteiger partial charge in [-0.2, -0.15) is 5.10 Å². The van der Waals surface area contributed by atoms with Crippen LogP contribution in [-0.4, -0.2) is 25.5 Å². The molecule has 5 heteroatoms. The largest absolute Gasteiger partial charge is 0.294 e. The number of aryl methyl sites for hydroxylation is 1. The highest BCUT2D eigenvalue weighted by Crippen LogP contribution is 2.11. The van der Waals surface area contributed by atoms with Crippen molar-refractivity contribution in [1.29, 1.82) is 0 Å². The topological polar surface area (TPSA) is 60.7 Å². The maximum atomic E-state index is 11.3. The first-order valence-corrected chi connectivity index (χ1v) is 4.95. The van der Waals surface area contributed by atoms with Crippen LogP contribution in [0.15, 0.2) is 18.5 Å². The first-order chi connectivity index (χ1) is 7.59. The summed E-state index contributed by atoms with van der Waals surface area (Å²) in [7, 11) is 0. The van der Waals surface area contributed by atoms with Gasteiger partial charge in [0.25, 0.3) is 5.95 Å². The van der Waals surface area contributed by atoms with Crippen molar-refractivity contribution >= 4 is 5.78 Å².